The normalized spacial score (nSPS) is 24.1. The van der Waals surface area contributed by atoms with Crippen molar-refractivity contribution in [3.05, 3.63) is 65.2 Å². The summed E-state index contributed by atoms with van der Waals surface area (Å²) < 4.78 is 5.47. The fourth-order valence-electron chi connectivity index (χ4n) is 3.05. The molecule has 1 saturated heterocycles. The zero-order valence-corrected chi connectivity index (χ0v) is 13.2. The predicted molar refractivity (Wildman–Crippen MR) is 88.1 cm³/mol. The highest BCUT2D eigenvalue weighted by molar-refractivity contribution is 5.83. The van der Waals surface area contributed by atoms with E-state index in [1.165, 1.54) is 11.1 Å². The van der Waals surface area contributed by atoms with Gasteiger partial charge in [-0.1, -0.05) is 36.4 Å². The maximum absolute atomic E-state index is 12.2. The number of nitrogens with one attached hydrogen (secondary N) is 1. The summed E-state index contributed by atoms with van der Waals surface area (Å²) in [5, 5.41) is 3.36. The lowest BCUT2D eigenvalue weighted by Crippen LogP contribution is -2.31. The van der Waals surface area contributed by atoms with Crippen LogP contribution in [0.3, 0.4) is 0 Å². The minimum absolute atomic E-state index is 0.0234. The summed E-state index contributed by atoms with van der Waals surface area (Å²) in [6.07, 6.45) is -0.126. The Hall–Kier alpha value is -2.29. The third-order valence-electron chi connectivity index (χ3n) is 4.43. The number of ether oxygens (including phenoxy) is 1. The summed E-state index contributed by atoms with van der Waals surface area (Å²) in [7, 11) is 0. The van der Waals surface area contributed by atoms with Gasteiger partial charge in [-0.05, 0) is 49.6 Å². The molecule has 3 atom stereocenters. The SMILES string of the molecule is Cc1ccc(N[C@H]2C(=O)O[C@@H](C)[C@@H]2c2ccccc2)cc1C. The van der Waals surface area contributed by atoms with Gasteiger partial charge >= 0.3 is 5.97 Å². The van der Waals surface area contributed by atoms with E-state index in [0.717, 1.165) is 11.3 Å². The molecule has 0 saturated carbocycles. The second-order valence-electron chi connectivity index (χ2n) is 6.00. The van der Waals surface area contributed by atoms with Crippen molar-refractivity contribution in [2.45, 2.75) is 38.8 Å². The lowest BCUT2D eigenvalue weighted by Gasteiger charge is -2.21. The van der Waals surface area contributed by atoms with Gasteiger partial charge in [0.2, 0.25) is 0 Å². The number of carbonyl (C=O) groups excluding carboxylic acids is 1. The van der Waals surface area contributed by atoms with Crippen molar-refractivity contribution in [1.82, 2.24) is 0 Å². The Morgan fingerprint density at radius 3 is 2.41 bits per heavy atom. The van der Waals surface area contributed by atoms with Crippen LogP contribution in [0.4, 0.5) is 5.69 Å². The Bertz CT molecular complexity index is 681. The Morgan fingerprint density at radius 2 is 1.73 bits per heavy atom. The summed E-state index contributed by atoms with van der Waals surface area (Å²) in [6.45, 7) is 6.11. The molecule has 0 aliphatic carbocycles. The van der Waals surface area contributed by atoms with Crippen molar-refractivity contribution in [3.63, 3.8) is 0 Å². The minimum Gasteiger partial charge on any atom is -0.460 e. The number of benzene rings is 2. The molecule has 1 aliphatic heterocycles. The molecule has 0 unspecified atom stereocenters. The van der Waals surface area contributed by atoms with Crippen molar-refractivity contribution in [3.8, 4) is 0 Å². The Morgan fingerprint density at radius 1 is 1.00 bits per heavy atom. The molecule has 3 nitrogen and oxygen atoms in total. The second-order valence-corrected chi connectivity index (χ2v) is 6.00. The van der Waals surface area contributed by atoms with Gasteiger partial charge in [-0.3, -0.25) is 0 Å². The van der Waals surface area contributed by atoms with Crippen LogP contribution >= 0.6 is 0 Å². The number of aryl methyl sites for hydroxylation is 2. The van der Waals surface area contributed by atoms with Gasteiger partial charge in [0, 0.05) is 5.69 Å². The Kier molecular flexibility index (Phi) is 3.88. The second kappa shape index (κ2) is 5.84. The van der Waals surface area contributed by atoms with Crippen LogP contribution in [-0.2, 0) is 9.53 Å². The summed E-state index contributed by atoms with van der Waals surface area (Å²) >= 11 is 0. The molecule has 0 amide bonds. The molecule has 1 heterocycles. The van der Waals surface area contributed by atoms with E-state index in [1.807, 2.05) is 31.2 Å². The quantitative estimate of drug-likeness (QED) is 0.875. The van der Waals surface area contributed by atoms with Crippen molar-refractivity contribution < 1.29 is 9.53 Å². The molecular weight excluding hydrogens is 274 g/mol. The van der Waals surface area contributed by atoms with Gasteiger partial charge in [0.25, 0.3) is 0 Å². The van der Waals surface area contributed by atoms with Gasteiger partial charge in [0.15, 0.2) is 0 Å². The predicted octanol–water partition coefficient (Wildman–Crippen LogP) is 3.81. The fourth-order valence-corrected chi connectivity index (χ4v) is 3.05. The van der Waals surface area contributed by atoms with E-state index in [-0.39, 0.29) is 24.0 Å². The first-order valence-corrected chi connectivity index (χ1v) is 7.65. The van der Waals surface area contributed by atoms with E-state index in [9.17, 15) is 4.79 Å². The number of rotatable bonds is 3. The van der Waals surface area contributed by atoms with E-state index >= 15 is 0 Å². The van der Waals surface area contributed by atoms with Gasteiger partial charge in [-0.2, -0.15) is 0 Å². The third-order valence-corrected chi connectivity index (χ3v) is 4.43. The van der Waals surface area contributed by atoms with Crippen LogP contribution in [0.2, 0.25) is 0 Å². The lowest BCUT2D eigenvalue weighted by atomic mass is 9.89. The number of anilines is 1. The Labute approximate surface area is 131 Å². The summed E-state index contributed by atoms with van der Waals surface area (Å²) in [4.78, 5) is 12.2. The molecule has 2 aromatic carbocycles. The largest absolute Gasteiger partial charge is 0.460 e. The minimum atomic E-state index is -0.348. The standard InChI is InChI=1S/C19H21NO2/c1-12-9-10-16(11-13(12)2)20-18-17(14(3)22-19(18)21)15-7-5-4-6-8-15/h4-11,14,17-18,20H,1-3H3/t14-,17+,18+/m0/s1. The van der Waals surface area contributed by atoms with Gasteiger partial charge in [-0.25, -0.2) is 4.79 Å². The van der Waals surface area contributed by atoms with Crippen LogP contribution < -0.4 is 5.32 Å². The Balaban J connectivity index is 1.89. The van der Waals surface area contributed by atoms with Gasteiger partial charge in [0.1, 0.15) is 12.1 Å². The molecule has 0 aromatic heterocycles. The van der Waals surface area contributed by atoms with Gasteiger partial charge < -0.3 is 10.1 Å². The van der Waals surface area contributed by atoms with E-state index in [2.05, 4.69) is 43.4 Å². The van der Waals surface area contributed by atoms with Crippen LogP contribution in [0, 0.1) is 13.8 Å². The molecule has 1 N–H and O–H groups in total. The zero-order valence-electron chi connectivity index (χ0n) is 13.2. The molecule has 3 heteroatoms. The molecule has 1 aliphatic rings. The first kappa shape index (κ1) is 14.6. The van der Waals surface area contributed by atoms with Gasteiger partial charge in [-0.15, -0.1) is 0 Å². The maximum atomic E-state index is 12.2. The van der Waals surface area contributed by atoms with Crippen molar-refractivity contribution in [2.75, 3.05) is 5.32 Å². The highest BCUT2D eigenvalue weighted by Crippen LogP contribution is 2.34. The average Bonchev–Trinajstić information content (AvgIpc) is 2.78. The number of carbonyl (C=O) groups is 1. The fraction of sp³-hybridized carbons (Fsp3) is 0.316. The molecule has 1 fully saturated rings. The summed E-state index contributed by atoms with van der Waals surface area (Å²) in [5.41, 5.74) is 4.54. The molecule has 0 spiro atoms. The van der Waals surface area contributed by atoms with Crippen LogP contribution in [0.5, 0.6) is 0 Å². The molecule has 3 rings (SSSR count). The monoisotopic (exact) mass is 295 g/mol. The average molecular weight is 295 g/mol. The van der Waals surface area contributed by atoms with E-state index in [4.69, 9.17) is 4.74 Å². The molecule has 22 heavy (non-hydrogen) atoms. The van der Waals surface area contributed by atoms with Crippen LogP contribution in [0.1, 0.15) is 29.5 Å². The van der Waals surface area contributed by atoms with Crippen LogP contribution in [0.15, 0.2) is 48.5 Å². The van der Waals surface area contributed by atoms with Crippen molar-refractivity contribution in [1.29, 1.82) is 0 Å². The zero-order chi connectivity index (χ0) is 15.7. The van der Waals surface area contributed by atoms with Gasteiger partial charge in [0.05, 0.1) is 5.92 Å². The molecule has 0 bridgehead atoms. The smallest absolute Gasteiger partial charge is 0.329 e. The lowest BCUT2D eigenvalue weighted by molar-refractivity contribution is -0.141. The van der Waals surface area contributed by atoms with Crippen molar-refractivity contribution in [2.24, 2.45) is 0 Å². The van der Waals surface area contributed by atoms with E-state index in [1.54, 1.807) is 0 Å². The molecule has 0 radical (unpaired) electrons. The van der Waals surface area contributed by atoms with Crippen LogP contribution in [-0.4, -0.2) is 18.1 Å². The number of hydrogen-bond donors (Lipinski definition) is 1. The number of esters is 1. The first-order valence-electron chi connectivity index (χ1n) is 7.65. The molecular formula is C19H21NO2. The van der Waals surface area contributed by atoms with Crippen LogP contribution in [0.25, 0.3) is 0 Å². The highest BCUT2D eigenvalue weighted by atomic mass is 16.6. The summed E-state index contributed by atoms with van der Waals surface area (Å²) in [6, 6.07) is 15.9. The third kappa shape index (κ3) is 2.71. The summed E-state index contributed by atoms with van der Waals surface area (Å²) in [5.74, 6) is -0.158. The molecule has 114 valence electrons. The van der Waals surface area contributed by atoms with E-state index in [0.29, 0.717) is 0 Å². The highest BCUT2D eigenvalue weighted by Gasteiger charge is 2.43. The topological polar surface area (TPSA) is 38.3 Å². The number of hydrogen-bond acceptors (Lipinski definition) is 3. The van der Waals surface area contributed by atoms with Crippen molar-refractivity contribution >= 4 is 11.7 Å². The molecule has 2 aromatic rings. The first-order chi connectivity index (χ1) is 10.6. The number of cyclic esters (lactones) is 1. The van der Waals surface area contributed by atoms with E-state index < -0.39 is 0 Å². The maximum Gasteiger partial charge on any atom is 0.329 e.